The zero-order chi connectivity index (χ0) is 52.0. The van der Waals surface area contributed by atoms with Gasteiger partial charge in [-0.3, -0.25) is 9.59 Å². The van der Waals surface area contributed by atoms with Gasteiger partial charge in [0.15, 0.2) is 12.1 Å². The molecule has 13 N–H and O–H groups in total. The number of aliphatic hydroxyl groups is 10. The molecule has 0 aliphatic carbocycles. The molecule has 0 saturated carbocycles. The average Bonchev–Trinajstić information content (AvgIpc) is 3.24. The fraction of sp³-hybridized carbons (Fsp3) is 0.673. The molecule has 19 atom stereocenters. The number of allylic oxidation sites excluding steroid dienone is 12. The van der Waals surface area contributed by atoms with Crippen molar-refractivity contribution in [1.82, 2.24) is 0 Å². The van der Waals surface area contributed by atoms with Gasteiger partial charge in [0.1, 0.15) is 18.1 Å². The van der Waals surface area contributed by atoms with Crippen molar-refractivity contribution >= 4 is 23.1 Å². The lowest BCUT2D eigenvalue weighted by Gasteiger charge is -2.45. The van der Waals surface area contributed by atoms with Crippen LogP contribution in [-0.2, 0) is 39.7 Å². The summed E-state index contributed by atoms with van der Waals surface area (Å²) in [6, 6.07) is -1.14. The summed E-state index contributed by atoms with van der Waals surface area (Å²) in [5, 5.41) is 118. The van der Waals surface area contributed by atoms with Gasteiger partial charge in [0.25, 0.3) is 0 Å². The molecule has 0 aromatic rings. The summed E-state index contributed by atoms with van der Waals surface area (Å²) < 4.78 is 32.7. The van der Waals surface area contributed by atoms with Crippen LogP contribution in [0.3, 0.4) is 0 Å². The molecule has 5 unspecified atom stereocenters. The van der Waals surface area contributed by atoms with E-state index in [1.165, 1.54) is 13.0 Å². The van der Waals surface area contributed by atoms with Crippen LogP contribution < -0.4 is 5.73 Å². The number of carbonyl (C=O) groups excluding carboxylic acids is 1. The molecule has 20 heteroatoms. The molecule has 3 heterocycles. The normalized spacial score (nSPS) is 43.4. The molecule has 394 valence electrons. The van der Waals surface area contributed by atoms with E-state index >= 15 is 0 Å². The lowest BCUT2D eigenvalue weighted by molar-refractivity contribution is -0.308. The minimum Gasteiger partial charge on any atom is -0.617 e. The molecule has 0 radical (unpaired) electrons. The molecule has 2 saturated heterocycles. The van der Waals surface area contributed by atoms with Crippen LogP contribution in [0.1, 0.15) is 79.1 Å². The first-order valence-electron chi connectivity index (χ1n) is 23.3. The molecular formula is C49H79NO18S. The van der Waals surface area contributed by atoms with E-state index in [-0.39, 0.29) is 31.6 Å². The number of aliphatic hydroxyl groups excluding tert-OH is 9. The van der Waals surface area contributed by atoms with Crippen molar-refractivity contribution in [2.45, 2.75) is 177 Å². The van der Waals surface area contributed by atoms with Crippen molar-refractivity contribution in [3.63, 3.8) is 0 Å². The Morgan fingerprint density at radius 3 is 1.78 bits per heavy atom. The molecule has 19 nitrogen and oxygen atoms in total. The van der Waals surface area contributed by atoms with Crippen LogP contribution in [0.5, 0.6) is 0 Å². The number of hydrogen-bond acceptors (Lipinski definition) is 18. The molecule has 2 fully saturated rings. The zero-order valence-corrected chi connectivity index (χ0v) is 41.2. The van der Waals surface area contributed by atoms with E-state index in [0.29, 0.717) is 0 Å². The summed E-state index contributed by atoms with van der Waals surface area (Å²) in [4.78, 5) is 25.1. The van der Waals surface area contributed by atoms with E-state index in [4.69, 9.17) is 24.7 Å². The standard InChI is InChI=1S/C47H73NO17.C2H6OS/c1-27-17-15-13-11-9-7-5-6-8-10-12-14-16-18-34(64-46-44(58)41(48)43(57)30(4)63-46)24-38-40(45(59)60)37(54)26-47(61,65-38)25-33(51)21-31(49)19-20-35(52)36(53)22-32(50)23-39(55)62-29(3)28(2)42(27)56;1-4(2)3/h5-18,27-38,40-44,46,49-54,56-58,61H,19-26,48H2,1-4H3,(H,59,60);1-2H3/b6-5+,9-7+,10-8+,13-11+,14-12+,17-15+,18-16+;/t27-,28+,29-,30?,31-,32+,33-,34-,35-,36-,37-,38-,40+,41?,42+,43?,44?,46?,47+;/m0./s1. The predicted molar refractivity (Wildman–Crippen MR) is 257 cm³/mol. The number of cyclic esters (lactones) is 1. The summed E-state index contributed by atoms with van der Waals surface area (Å²) in [5.41, 5.74) is 6.02. The fourth-order valence-electron chi connectivity index (χ4n) is 7.97. The van der Waals surface area contributed by atoms with E-state index in [1.54, 1.807) is 99.3 Å². The van der Waals surface area contributed by atoms with Crippen LogP contribution in [-0.4, -0.2) is 183 Å². The Labute approximate surface area is 408 Å². The summed E-state index contributed by atoms with van der Waals surface area (Å²) in [5.74, 6) is -6.82. The van der Waals surface area contributed by atoms with E-state index < -0.39 is 158 Å². The number of carboxylic acids is 1. The molecule has 3 aliphatic rings. The van der Waals surface area contributed by atoms with Gasteiger partial charge in [-0.15, -0.1) is 0 Å². The van der Waals surface area contributed by atoms with Crippen molar-refractivity contribution in [3.05, 3.63) is 85.1 Å². The Kier molecular flexibility index (Phi) is 28.2. The first-order chi connectivity index (χ1) is 32.3. The smallest absolute Gasteiger partial charge is 0.311 e. The van der Waals surface area contributed by atoms with Crippen molar-refractivity contribution in [3.8, 4) is 0 Å². The summed E-state index contributed by atoms with van der Waals surface area (Å²) in [7, 11) is 0. The molecule has 0 aromatic carbocycles. The van der Waals surface area contributed by atoms with Gasteiger partial charge in [-0.1, -0.05) is 110 Å². The third-order valence-electron chi connectivity index (χ3n) is 12.0. The monoisotopic (exact) mass is 1000 g/mol. The van der Waals surface area contributed by atoms with Gasteiger partial charge >= 0.3 is 11.9 Å². The first-order valence-corrected chi connectivity index (χ1v) is 25.3. The number of rotatable bonds is 3. The lowest BCUT2D eigenvalue weighted by Crippen LogP contribution is -2.61. The molecule has 0 amide bonds. The third-order valence-corrected chi connectivity index (χ3v) is 12.0. The summed E-state index contributed by atoms with van der Waals surface area (Å²) in [6.45, 7) is 6.72. The molecule has 0 spiro atoms. The van der Waals surface area contributed by atoms with Crippen LogP contribution in [0.15, 0.2) is 85.1 Å². The van der Waals surface area contributed by atoms with E-state index in [2.05, 4.69) is 0 Å². The Morgan fingerprint density at radius 2 is 1.23 bits per heavy atom. The van der Waals surface area contributed by atoms with Gasteiger partial charge in [0.05, 0.1) is 92.1 Å². The molecule has 2 bridgehead atoms. The van der Waals surface area contributed by atoms with Crippen LogP contribution in [0.2, 0.25) is 0 Å². The number of esters is 1. The quantitative estimate of drug-likeness (QED) is 0.137. The fourth-order valence-corrected chi connectivity index (χ4v) is 7.97. The predicted octanol–water partition coefficient (Wildman–Crippen LogP) is 0.706. The lowest BCUT2D eigenvalue weighted by atomic mass is 9.82. The Bertz CT molecular complexity index is 1720. The van der Waals surface area contributed by atoms with Crippen LogP contribution in [0.4, 0.5) is 0 Å². The number of aliphatic carboxylic acids is 1. The van der Waals surface area contributed by atoms with Crippen molar-refractivity contribution in [2.24, 2.45) is 23.5 Å². The van der Waals surface area contributed by atoms with Crippen molar-refractivity contribution in [1.29, 1.82) is 0 Å². The number of ether oxygens (including phenoxy) is 4. The summed E-state index contributed by atoms with van der Waals surface area (Å²) >= 11 is -0.611. The second-order valence-electron chi connectivity index (χ2n) is 18.3. The van der Waals surface area contributed by atoms with Gasteiger partial charge in [-0.05, 0) is 33.1 Å². The maximum absolute atomic E-state index is 12.6. The molecule has 0 aromatic heterocycles. The number of carbonyl (C=O) groups is 2. The van der Waals surface area contributed by atoms with Gasteiger partial charge < -0.3 is 85.4 Å². The highest BCUT2D eigenvalue weighted by Crippen LogP contribution is 2.38. The number of carboxylic acid groups (broad SMARTS) is 1. The Hall–Kier alpha value is -3.13. The Balaban J connectivity index is 0.00000392. The second kappa shape index (κ2) is 31.4. The molecule has 69 heavy (non-hydrogen) atoms. The molecule has 3 aliphatic heterocycles. The summed E-state index contributed by atoms with van der Waals surface area (Å²) in [6.07, 6.45) is 6.82. The van der Waals surface area contributed by atoms with E-state index in [1.807, 2.05) is 13.0 Å². The number of hydrogen-bond donors (Lipinski definition) is 12. The topological polar surface area (TPSA) is 343 Å². The minimum atomic E-state index is -2.29. The van der Waals surface area contributed by atoms with Gasteiger partial charge in [-0.2, -0.15) is 0 Å². The highest BCUT2D eigenvalue weighted by atomic mass is 32.2. The van der Waals surface area contributed by atoms with Crippen molar-refractivity contribution in [2.75, 3.05) is 12.5 Å². The zero-order valence-electron chi connectivity index (χ0n) is 40.4. The van der Waals surface area contributed by atoms with E-state index in [0.717, 1.165) is 0 Å². The highest BCUT2D eigenvalue weighted by Gasteiger charge is 2.51. The average molecular weight is 1000 g/mol. The Morgan fingerprint density at radius 1 is 0.696 bits per heavy atom. The minimum absolute atomic E-state index is 0.140. The third kappa shape index (κ3) is 22.9. The SMILES string of the molecule is CC1OC(O[C@H]2/C=C/C=C/C=C/C=C/C=C/C=C/C=C/[C@H](C)[C@@H](O)[C@H](C)[C@H](C)OC(=O)C[C@H](O)C[C@H](O)[C@@H](O)CC[C@H](O)C[C@H](O)C[C@]3(O)C[C@H](O)[C@@H](C(=O)O)[C@H](C2)O3)C(O)C(N)C1O.C[S+](C)[O-]. The van der Waals surface area contributed by atoms with Crippen molar-refractivity contribution < 1.29 is 89.3 Å². The number of fused-ring (bicyclic) bond motifs is 2. The first kappa shape index (κ1) is 62.0. The van der Waals surface area contributed by atoms with Gasteiger partial charge in [0, 0.05) is 37.5 Å². The van der Waals surface area contributed by atoms with Crippen LogP contribution in [0.25, 0.3) is 0 Å². The molecule has 3 rings (SSSR count). The highest BCUT2D eigenvalue weighted by molar-refractivity contribution is 7.89. The van der Waals surface area contributed by atoms with Crippen LogP contribution in [0, 0.1) is 17.8 Å². The van der Waals surface area contributed by atoms with Gasteiger partial charge in [0.2, 0.25) is 0 Å². The maximum Gasteiger partial charge on any atom is 0.311 e. The largest absolute Gasteiger partial charge is 0.617 e. The van der Waals surface area contributed by atoms with E-state index in [9.17, 15) is 70.3 Å². The van der Waals surface area contributed by atoms with Gasteiger partial charge in [-0.25, -0.2) is 0 Å². The van der Waals surface area contributed by atoms with Crippen LogP contribution >= 0.6 is 0 Å². The number of nitrogens with two attached hydrogens (primary N) is 1. The molecular weight excluding hydrogens is 923 g/mol. The maximum atomic E-state index is 12.6. The second-order valence-corrected chi connectivity index (χ2v) is 19.8.